The van der Waals surface area contributed by atoms with Gasteiger partial charge in [0.05, 0.1) is 0 Å². The first-order valence-corrected chi connectivity index (χ1v) is 7.05. The van der Waals surface area contributed by atoms with E-state index in [1.54, 1.807) is 5.57 Å². The summed E-state index contributed by atoms with van der Waals surface area (Å²) >= 11 is 0. The number of allylic oxidation sites excluding steroid dienone is 1. The number of hydrogen-bond acceptors (Lipinski definition) is 1. The Morgan fingerprint density at radius 2 is 0.938 bits per heavy atom. The van der Waals surface area contributed by atoms with Crippen LogP contribution in [-0.2, 0) is 4.79 Å². The second kappa shape index (κ2) is 1.51. The lowest BCUT2D eigenvalue weighted by Gasteiger charge is -2.24. The Morgan fingerprint density at radius 3 is 1.31 bits per heavy atom. The molecule has 0 radical (unpaired) electrons. The van der Waals surface area contributed by atoms with E-state index in [4.69, 9.17) is 0 Å². The van der Waals surface area contributed by atoms with Crippen LogP contribution in [-0.4, -0.2) is 5.78 Å². The van der Waals surface area contributed by atoms with Crippen molar-refractivity contribution in [3.05, 3.63) is 12.2 Å². The Balaban J connectivity index is 1.73. The topological polar surface area (TPSA) is 17.1 Å². The number of ketones is 1. The highest BCUT2D eigenvalue weighted by Gasteiger charge is 2.91. The fourth-order valence-electron chi connectivity index (χ4n) is 9.10. The van der Waals surface area contributed by atoms with Crippen molar-refractivity contribution in [1.29, 1.82) is 0 Å². The van der Waals surface area contributed by atoms with E-state index in [-0.39, 0.29) is 0 Å². The molecule has 0 amide bonds. The van der Waals surface area contributed by atoms with E-state index >= 15 is 0 Å². The normalized spacial score (nSPS) is 85.8. The molecule has 8 rings (SSSR count). The maximum Gasteiger partial charge on any atom is 0.140 e. The first-order chi connectivity index (χ1) is 7.82. The Labute approximate surface area is 94.3 Å². The van der Waals surface area contributed by atoms with Crippen molar-refractivity contribution < 1.29 is 4.79 Å². The van der Waals surface area contributed by atoms with Gasteiger partial charge in [-0.3, -0.25) is 4.79 Å². The molecule has 0 spiro atoms. The highest BCUT2D eigenvalue weighted by Crippen LogP contribution is 2.92. The summed E-state index contributed by atoms with van der Waals surface area (Å²) in [5.41, 5.74) is 1.65. The third-order valence-electron chi connectivity index (χ3n) is 8.39. The van der Waals surface area contributed by atoms with Gasteiger partial charge in [0.2, 0.25) is 0 Å². The maximum absolute atomic E-state index is 12.4. The van der Waals surface area contributed by atoms with Crippen LogP contribution in [0.25, 0.3) is 0 Å². The lowest BCUT2D eigenvalue weighted by Crippen LogP contribution is -2.21. The molecule has 0 aromatic heterocycles. The van der Waals surface area contributed by atoms with Crippen molar-refractivity contribution in [2.45, 2.75) is 0 Å². The molecule has 8 fully saturated rings. The molecule has 80 valence electrons. The molecule has 0 aromatic rings. The van der Waals surface area contributed by atoms with Gasteiger partial charge in [0.15, 0.2) is 0 Å². The van der Waals surface area contributed by atoms with Crippen molar-refractivity contribution in [3.63, 3.8) is 0 Å². The summed E-state index contributed by atoms with van der Waals surface area (Å²) in [5, 5.41) is 0. The molecular formula is C15H14O. The Kier molecular flexibility index (Phi) is 0.659. The lowest BCUT2D eigenvalue weighted by molar-refractivity contribution is -0.122. The fourth-order valence-corrected chi connectivity index (χ4v) is 9.10. The highest BCUT2D eigenvalue weighted by molar-refractivity contribution is 5.92. The maximum atomic E-state index is 12.4. The zero-order chi connectivity index (χ0) is 10.1. The number of rotatable bonds is 0. The lowest BCUT2D eigenvalue weighted by atomic mass is 9.80. The van der Waals surface area contributed by atoms with Gasteiger partial charge in [-0.15, -0.1) is 0 Å². The van der Waals surface area contributed by atoms with Gasteiger partial charge in [0, 0.05) is 11.8 Å². The summed E-state index contributed by atoms with van der Waals surface area (Å²) in [6, 6.07) is 0. The molecule has 16 heavy (non-hydrogen) atoms. The van der Waals surface area contributed by atoms with Crippen LogP contribution in [0.4, 0.5) is 0 Å². The first kappa shape index (κ1) is 6.98. The van der Waals surface area contributed by atoms with Crippen LogP contribution in [0.5, 0.6) is 0 Å². The van der Waals surface area contributed by atoms with Crippen molar-refractivity contribution in [1.82, 2.24) is 0 Å². The summed E-state index contributed by atoms with van der Waals surface area (Å²) in [4.78, 5) is 12.4. The van der Waals surface area contributed by atoms with E-state index in [0.29, 0.717) is 11.8 Å². The van der Waals surface area contributed by atoms with Crippen molar-refractivity contribution >= 4 is 5.78 Å². The summed E-state index contributed by atoms with van der Waals surface area (Å²) in [6.07, 6.45) is 0. The molecule has 1 nitrogen and oxygen atoms in total. The van der Waals surface area contributed by atoms with Gasteiger partial charge in [-0.05, 0) is 59.2 Å². The first-order valence-electron chi connectivity index (χ1n) is 7.05. The van der Waals surface area contributed by atoms with Crippen LogP contribution in [0.1, 0.15) is 0 Å². The second-order valence-corrected chi connectivity index (χ2v) is 7.70. The average Bonchev–Trinajstić information content (AvgIpc) is 2.90. The van der Waals surface area contributed by atoms with Gasteiger partial charge >= 0.3 is 0 Å². The second-order valence-electron chi connectivity index (χ2n) is 7.70. The minimum Gasteiger partial charge on any atom is -0.299 e. The smallest absolute Gasteiger partial charge is 0.140 e. The zero-order valence-corrected chi connectivity index (χ0v) is 9.04. The molecule has 0 N–H and O–H groups in total. The van der Waals surface area contributed by atoms with Gasteiger partial charge in [-0.25, -0.2) is 0 Å². The summed E-state index contributed by atoms with van der Waals surface area (Å²) in [7, 11) is 0. The van der Waals surface area contributed by atoms with Gasteiger partial charge in [-0.2, -0.15) is 0 Å². The molecule has 8 saturated carbocycles. The van der Waals surface area contributed by atoms with Crippen LogP contribution in [0.3, 0.4) is 0 Å². The quantitative estimate of drug-likeness (QED) is 0.555. The van der Waals surface area contributed by atoms with Crippen LogP contribution >= 0.6 is 0 Å². The molecule has 8 aliphatic carbocycles. The molecule has 1 heteroatoms. The minimum atomic E-state index is 0.561. The predicted molar refractivity (Wildman–Crippen MR) is 56.0 cm³/mol. The van der Waals surface area contributed by atoms with Gasteiger partial charge in [0.1, 0.15) is 5.78 Å². The summed E-state index contributed by atoms with van der Waals surface area (Å²) < 4.78 is 0. The van der Waals surface area contributed by atoms with E-state index in [1.807, 2.05) is 0 Å². The van der Waals surface area contributed by atoms with E-state index in [0.717, 1.165) is 65.0 Å². The average molecular weight is 210 g/mol. The van der Waals surface area contributed by atoms with E-state index in [9.17, 15) is 4.79 Å². The number of Topliss-reactive ketones (excluding diaryl/α,β-unsaturated/α-hetero) is 1. The van der Waals surface area contributed by atoms with Crippen LogP contribution in [0.15, 0.2) is 12.2 Å². The fraction of sp³-hybridized carbons (Fsp3) is 0.800. The molecule has 0 aromatic carbocycles. The minimum absolute atomic E-state index is 0.561. The molecule has 4 bridgehead atoms. The Hall–Kier alpha value is -0.590. The standard InChI is InChI=1S/C15H14O/c1-2-3-5-7-4(2)8-6(3)10-9(5)13-11(7)12(8)14(10)15(13)16/h3-14H,1H2. The number of carbonyl (C=O) groups is 1. The predicted octanol–water partition coefficient (Wildman–Crippen LogP) is 1.60. The SMILES string of the molecule is C=C1C2C3C4C1C1C2C2C5C(=O)C(C32)C4C51. The monoisotopic (exact) mass is 210 g/mol. The summed E-state index contributed by atoms with van der Waals surface area (Å²) in [5.74, 6) is 10.8. The Morgan fingerprint density at radius 1 is 0.625 bits per heavy atom. The molecule has 8 unspecified atom stereocenters. The Bertz CT molecular complexity index is 394. The van der Waals surface area contributed by atoms with Crippen LogP contribution in [0, 0.1) is 71.0 Å². The molecule has 0 saturated heterocycles. The molecule has 8 aliphatic rings. The molecule has 0 heterocycles. The molecule has 8 atom stereocenters. The van der Waals surface area contributed by atoms with E-state index < -0.39 is 0 Å². The van der Waals surface area contributed by atoms with Crippen LogP contribution < -0.4 is 0 Å². The number of hydrogen-bond donors (Lipinski definition) is 0. The number of carbonyl (C=O) groups excluding carboxylic acids is 1. The summed E-state index contributed by atoms with van der Waals surface area (Å²) in [6.45, 7) is 4.44. The van der Waals surface area contributed by atoms with Gasteiger partial charge in [0.25, 0.3) is 0 Å². The highest BCUT2D eigenvalue weighted by atomic mass is 16.1. The van der Waals surface area contributed by atoms with Crippen molar-refractivity contribution in [2.24, 2.45) is 71.0 Å². The van der Waals surface area contributed by atoms with Crippen molar-refractivity contribution in [2.75, 3.05) is 0 Å². The van der Waals surface area contributed by atoms with Gasteiger partial charge in [-0.1, -0.05) is 12.2 Å². The molecular weight excluding hydrogens is 196 g/mol. The molecule has 0 aliphatic heterocycles. The zero-order valence-electron chi connectivity index (χ0n) is 9.04. The van der Waals surface area contributed by atoms with Gasteiger partial charge < -0.3 is 0 Å². The van der Waals surface area contributed by atoms with Crippen LogP contribution in [0.2, 0.25) is 0 Å². The third kappa shape index (κ3) is 0.328. The van der Waals surface area contributed by atoms with E-state index in [2.05, 4.69) is 6.58 Å². The van der Waals surface area contributed by atoms with E-state index in [1.165, 1.54) is 0 Å². The van der Waals surface area contributed by atoms with Crippen molar-refractivity contribution in [3.8, 4) is 0 Å². The largest absolute Gasteiger partial charge is 0.299 e. The third-order valence-corrected chi connectivity index (χ3v) is 8.39.